The Morgan fingerprint density at radius 2 is 1.80 bits per heavy atom. The molecule has 2 N–H and O–H groups in total. The third-order valence-corrected chi connectivity index (χ3v) is 7.23. The monoisotopic (exact) mass is 534 g/mol. The predicted octanol–water partition coefficient (Wildman–Crippen LogP) is 5.55. The summed E-state index contributed by atoms with van der Waals surface area (Å²) in [5.41, 5.74) is 7.14. The van der Waals surface area contributed by atoms with E-state index in [4.69, 9.17) is 14.7 Å². The number of aromatic nitrogens is 7. The molecule has 200 valence electrons. The summed E-state index contributed by atoms with van der Waals surface area (Å²) in [5, 5.41) is 7.57. The number of fused-ring (bicyclic) bond motifs is 2. The molecule has 0 amide bonds. The van der Waals surface area contributed by atoms with Crippen molar-refractivity contribution in [3.05, 3.63) is 72.4 Å². The minimum Gasteiger partial charge on any atom is -0.491 e. The van der Waals surface area contributed by atoms with Crippen LogP contribution in [-0.2, 0) is 0 Å². The third kappa shape index (κ3) is 4.66. The molecule has 0 atom stereocenters. The molecule has 5 aromatic heterocycles. The van der Waals surface area contributed by atoms with Gasteiger partial charge in [-0.3, -0.25) is 20.0 Å². The van der Waals surface area contributed by atoms with Crippen LogP contribution in [0.5, 0.6) is 5.75 Å². The lowest BCUT2D eigenvalue weighted by atomic mass is 10.1. The number of H-pyrrole nitrogens is 2. The summed E-state index contributed by atoms with van der Waals surface area (Å²) >= 11 is 0. The Balaban J connectivity index is 1.21. The molecule has 9 nitrogen and oxygen atoms in total. The molecule has 1 aromatic carbocycles. The van der Waals surface area contributed by atoms with E-state index >= 15 is 0 Å². The van der Waals surface area contributed by atoms with Crippen LogP contribution in [0.3, 0.4) is 0 Å². The second-order valence-corrected chi connectivity index (χ2v) is 10.1. The zero-order valence-electron chi connectivity index (χ0n) is 22.0. The fourth-order valence-electron chi connectivity index (χ4n) is 5.29. The normalized spacial score (nSPS) is 13.9. The molecule has 1 aliphatic heterocycles. The molecule has 0 bridgehead atoms. The van der Waals surface area contributed by atoms with Crippen LogP contribution in [0.2, 0.25) is 0 Å². The van der Waals surface area contributed by atoms with Gasteiger partial charge in [-0.15, -0.1) is 0 Å². The standard InChI is InChI=1S/C30H27FN8O/c1-18-12-19(14-21(31)13-18)26-27-24(6-7-33-26)35-30(36-27)29-28-25(37-38-29)5-4-23(34-28)20-15-22(17-32-16-20)40-11-10-39-8-2-3-9-39/h4-7,12-17H,2-3,8-11H2,1H3,(H,35,36)(H,37,38). The van der Waals surface area contributed by atoms with Gasteiger partial charge in [0.25, 0.3) is 0 Å². The number of nitrogens with one attached hydrogen (secondary N) is 2. The minimum absolute atomic E-state index is 0.310. The van der Waals surface area contributed by atoms with Crippen LogP contribution in [0.15, 0.2) is 61.1 Å². The Bertz CT molecular complexity index is 1820. The Morgan fingerprint density at radius 1 is 0.925 bits per heavy atom. The first kappa shape index (κ1) is 24.3. The number of halogens is 1. The van der Waals surface area contributed by atoms with Crippen LogP contribution < -0.4 is 4.74 Å². The van der Waals surface area contributed by atoms with Crippen LogP contribution in [0.25, 0.3) is 56.1 Å². The van der Waals surface area contributed by atoms with Crippen LogP contribution in [0.1, 0.15) is 18.4 Å². The lowest BCUT2D eigenvalue weighted by molar-refractivity contribution is 0.237. The predicted molar refractivity (Wildman–Crippen MR) is 151 cm³/mol. The van der Waals surface area contributed by atoms with E-state index in [1.807, 2.05) is 37.3 Å². The van der Waals surface area contributed by atoms with Crippen LogP contribution in [0, 0.1) is 12.7 Å². The quantitative estimate of drug-likeness (QED) is 0.277. The van der Waals surface area contributed by atoms with Gasteiger partial charge in [0.15, 0.2) is 11.5 Å². The highest BCUT2D eigenvalue weighted by atomic mass is 19.1. The molecule has 1 saturated heterocycles. The van der Waals surface area contributed by atoms with Crippen molar-refractivity contribution in [2.75, 3.05) is 26.2 Å². The highest BCUT2D eigenvalue weighted by molar-refractivity contribution is 5.95. The summed E-state index contributed by atoms with van der Waals surface area (Å²) in [5.74, 6) is 0.955. The smallest absolute Gasteiger partial charge is 0.161 e. The van der Waals surface area contributed by atoms with Gasteiger partial charge in [-0.25, -0.2) is 14.4 Å². The van der Waals surface area contributed by atoms with E-state index in [9.17, 15) is 4.39 Å². The number of benzene rings is 1. The number of aryl methyl sites for hydroxylation is 1. The molecule has 0 unspecified atom stereocenters. The van der Waals surface area contributed by atoms with E-state index in [2.05, 4.69) is 30.0 Å². The molecule has 7 rings (SSSR count). The number of ether oxygens (including phenoxy) is 1. The van der Waals surface area contributed by atoms with Gasteiger partial charge in [0.05, 0.1) is 28.6 Å². The Labute approximate surface area is 229 Å². The van der Waals surface area contributed by atoms with Crippen molar-refractivity contribution in [2.45, 2.75) is 19.8 Å². The number of hydrogen-bond donors (Lipinski definition) is 2. The first-order valence-corrected chi connectivity index (χ1v) is 13.4. The average Bonchev–Trinajstić information content (AvgIpc) is 3.71. The zero-order valence-corrected chi connectivity index (χ0v) is 22.0. The summed E-state index contributed by atoms with van der Waals surface area (Å²) in [6.07, 6.45) is 7.73. The average molecular weight is 535 g/mol. The van der Waals surface area contributed by atoms with Gasteiger partial charge in [-0.1, -0.05) is 0 Å². The molecule has 0 aliphatic carbocycles. The van der Waals surface area contributed by atoms with E-state index in [-0.39, 0.29) is 5.82 Å². The van der Waals surface area contributed by atoms with Crippen molar-refractivity contribution in [3.8, 4) is 39.8 Å². The summed E-state index contributed by atoms with van der Waals surface area (Å²) in [6.45, 7) is 5.69. The van der Waals surface area contributed by atoms with Crippen molar-refractivity contribution < 1.29 is 9.13 Å². The van der Waals surface area contributed by atoms with Gasteiger partial charge in [-0.05, 0) is 80.9 Å². The maximum absolute atomic E-state index is 14.2. The number of rotatable bonds is 7. The maximum Gasteiger partial charge on any atom is 0.161 e. The lowest BCUT2D eigenvalue weighted by Crippen LogP contribution is -2.25. The molecular weight excluding hydrogens is 507 g/mol. The summed E-state index contributed by atoms with van der Waals surface area (Å²) in [4.78, 5) is 24.4. The Kier molecular flexibility index (Phi) is 6.16. The van der Waals surface area contributed by atoms with Crippen molar-refractivity contribution in [1.29, 1.82) is 0 Å². The van der Waals surface area contributed by atoms with Gasteiger partial charge >= 0.3 is 0 Å². The topological polar surface area (TPSA) is 108 Å². The molecule has 6 aromatic rings. The zero-order chi connectivity index (χ0) is 27.1. The number of imidazole rings is 1. The molecule has 10 heteroatoms. The molecule has 0 saturated carbocycles. The fraction of sp³-hybridized carbons (Fsp3) is 0.233. The largest absolute Gasteiger partial charge is 0.491 e. The van der Waals surface area contributed by atoms with Gasteiger partial charge < -0.3 is 9.72 Å². The van der Waals surface area contributed by atoms with Crippen LogP contribution >= 0.6 is 0 Å². The van der Waals surface area contributed by atoms with E-state index in [1.54, 1.807) is 18.6 Å². The van der Waals surface area contributed by atoms with Crippen LogP contribution in [-0.4, -0.2) is 66.3 Å². The van der Waals surface area contributed by atoms with E-state index in [0.717, 1.165) is 53.2 Å². The van der Waals surface area contributed by atoms with Crippen molar-refractivity contribution in [2.24, 2.45) is 0 Å². The molecule has 40 heavy (non-hydrogen) atoms. The number of hydrogen-bond acceptors (Lipinski definition) is 7. The van der Waals surface area contributed by atoms with Gasteiger partial charge in [-0.2, -0.15) is 5.10 Å². The minimum atomic E-state index is -0.310. The van der Waals surface area contributed by atoms with Crippen molar-refractivity contribution >= 4 is 22.1 Å². The molecular formula is C30H27FN8O. The Morgan fingerprint density at radius 3 is 2.67 bits per heavy atom. The lowest BCUT2D eigenvalue weighted by Gasteiger charge is -2.15. The first-order chi connectivity index (χ1) is 19.6. The number of pyridine rings is 3. The third-order valence-electron chi connectivity index (χ3n) is 7.23. The second-order valence-electron chi connectivity index (χ2n) is 10.1. The second kappa shape index (κ2) is 10.1. The summed E-state index contributed by atoms with van der Waals surface area (Å²) in [6, 6.07) is 12.5. The van der Waals surface area contributed by atoms with Crippen LogP contribution in [0.4, 0.5) is 4.39 Å². The molecule has 0 radical (unpaired) electrons. The highest BCUT2D eigenvalue weighted by Crippen LogP contribution is 2.31. The van der Waals surface area contributed by atoms with E-state index in [0.29, 0.717) is 40.4 Å². The molecule has 0 spiro atoms. The van der Waals surface area contributed by atoms with Crippen molar-refractivity contribution in [1.82, 2.24) is 40.0 Å². The van der Waals surface area contributed by atoms with Gasteiger partial charge in [0.2, 0.25) is 0 Å². The summed E-state index contributed by atoms with van der Waals surface area (Å²) in [7, 11) is 0. The Hall–Kier alpha value is -4.70. The SMILES string of the molecule is Cc1cc(F)cc(-c2nccc3[nH]c(-c4n[nH]c5ccc(-c6cncc(OCCN7CCCC7)c6)nc45)nc23)c1. The van der Waals surface area contributed by atoms with E-state index in [1.165, 1.54) is 25.0 Å². The maximum atomic E-state index is 14.2. The highest BCUT2D eigenvalue weighted by Gasteiger charge is 2.18. The van der Waals surface area contributed by atoms with Gasteiger partial charge in [0, 0.05) is 30.1 Å². The van der Waals surface area contributed by atoms with Crippen molar-refractivity contribution in [3.63, 3.8) is 0 Å². The number of nitrogens with zero attached hydrogens (tertiary/aromatic N) is 6. The molecule has 1 fully saturated rings. The number of aromatic amines is 2. The fourth-order valence-corrected chi connectivity index (χ4v) is 5.29. The first-order valence-electron chi connectivity index (χ1n) is 13.4. The summed E-state index contributed by atoms with van der Waals surface area (Å²) < 4.78 is 20.1. The molecule has 6 heterocycles. The van der Waals surface area contributed by atoms with E-state index < -0.39 is 0 Å². The molecule has 1 aliphatic rings. The van der Waals surface area contributed by atoms with Gasteiger partial charge in [0.1, 0.15) is 29.2 Å². The number of likely N-dealkylation sites (tertiary alicyclic amines) is 1.